The molecule has 2 amide bonds. The maximum Gasteiger partial charge on any atom is 0.286 e. The van der Waals surface area contributed by atoms with Crippen LogP contribution in [-0.2, 0) is 4.79 Å². The molecule has 21 heavy (non-hydrogen) atoms. The lowest BCUT2D eigenvalue weighted by Crippen LogP contribution is -2.42. The zero-order valence-corrected chi connectivity index (χ0v) is 11.1. The third-order valence-electron chi connectivity index (χ3n) is 3.57. The number of H-pyrrole nitrogens is 1. The van der Waals surface area contributed by atoms with Crippen molar-refractivity contribution in [3.05, 3.63) is 59.7 Å². The van der Waals surface area contributed by atoms with E-state index in [9.17, 15) is 14.0 Å². The van der Waals surface area contributed by atoms with E-state index in [2.05, 4.69) is 15.8 Å². The summed E-state index contributed by atoms with van der Waals surface area (Å²) in [5.74, 6) is -1.01. The number of halogens is 1. The predicted molar refractivity (Wildman–Crippen MR) is 73.6 cm³/mol. The number of amides is 2. The van der Waals surface area contributed by atoms with E-state index in [0.29, 0.717) is 12.1 Å². The summed E-state index contributed by atoms with van der Waals surface area (Å²) < 4.78 is 12.8. The molecule has 0 spiro atoms. The van der Waals surface area contributed by atoms with E-state index in [0.717, 1.165) is 5.56 Å². The highest BCUT2D eigenvalue weighted by Gasteiger charge is 2.44. The van der Waals surface area contributed by atoms with E-state index in [1.54, 1.807) is 30.5 Å². The summed E-state index contributed by atoms with van der Waals surface area (Å²) in [6.07, 6.45) is 2.33. The molecule has 1 fully saturated rings. The minimum atomic E-state index is -0.396. The van der Waals surface area contributed by atoms with E-state index in [1.165, 1.54) is 12.1 Å². The van der Waals surface area contributed by atoms with Crippen LogP contribution in [0.25, 0.3) is 0 Å². The topological polar surface area (TPSA) is 74.0 Å². The van der Waals surface area contributed by atoms with Crippen molar-refractivity contribution in [2.45, 2.75) is 12.3 Å². The average Bonchev–Trinajstić information content (AvgIpc) is 3.09. The van der Waals surface area contributed by atoms with Crippen molar-refractivity contribution < 1.29 is 14.0 Å². The molecule has 0 saturated heterocycles. The summed E-state index contributed by atoms with van der Waals surface area (Å²) >= 11 is 0. The molecule has 0 radical (unpaired) electrons. The van der Waals surface area contributed by atoms with Gasteiger partial charge in [0.25, 0.3) is 5.91 Å². The lowest BCUT2D eigenvalue weighted by Gasteiger charge is -2.06. The first-order valence-corrected chi connectivity index (χ1v) is 6.64. The predicted octanol–water partition coefficient (Wildman–Crippen LogP) is 1.72. The Bertz CT molecular complexity index is 652. The summed E-state index contributed by atoms with van der Waals surface area (Å²) in [6.45, 7) is 0. The number of aromatic nitrogens is 1. The number of benzene rings is 1. The van der Waals surface area contributed by atoms with Crippen molar-refractivity contribution in [2.75, 3.05) is 0 Å². The Hall–Kier alpha value is -2.63. The molecule has 1 saturated carbocycles. The highest BCUT2D eigenvalue weighted by atomic mass is 19.1. The SMILES string of the molecule is O=C(NNC(=O)C1CC1c1ccc(F)cc1)c1ccc[nH]1. The Labute approximate surface area is 120 Å². The summed E-state index contributed by atoms with van der Waals surface area (Å²) in [6, 6.07) is 9.45. The Balaban J connectivity index is 1.51. The fraction of sp³-hybridized carbons (Fsp3) is 0.200. The van der Waals surface area contributed by atoms with Crippen molar-refractivity contribution in [3.8, 4) is 0 Å². The van der Waals surface area contributed by atoms with E-state index in [4.69, 9.17) is 0 Å². The molecule has 1 aromatic carbocycles. The Morgan fingerprint density at radius 1 is 1.14 bits per heavy atom. The molecule has 5 nitrogen and oxygen atoms in total. The van der Waals surface area contributed by atoms with Crippen molar-refractivity contribution in [1.82, 2.24) is 15.8 Å². The molecule has 1 aliphatic carbocycles. The van der Waals surface area contributed by atoms with Crippen LogP contribution >= 0.6 is 0 Å². The molecule has 2 unspecified atom stereocenters. The first-order valence-electron chi connectivity index (χ1n) is 6.64. The summed E-state index contributed by atoms with van der Waals surface area (Å²) in [5.41, 5.74) is 6.08. The van der Waals surface area contributed by atoms with Crippen LogP contribution in [-0.4, -0.2) is 16.8 Å². The van der Waals surface area contributed by atoms with Gasteiger partial charge in [0.05, 0.1) is 0 Å². The van der Waals surface area contributed by atoms with Gasteiger partial charge in [-0.05, 0) is 42.2 Å². The molecule has 1 aliphatic rings. The second kappa shape index (κ2) is 5.40. The maximum absolute atomic E-state index is 12.8. The van der Waals surface area contributed by atoms with Gasteiger partial charge in [-0.3, -0.25) is 20.4 Å². The third kappa shape index (κ3) is 2.94. The van der Waals surface area contributed by atoms with Gasteiger partial charge in [0, 0.05) is 12.1 Å². The van der Waals surface area contributed by atoms with Crippen LogP contribution in [0.2, 0.25) is 0 Å². The largest absolute Gasteiger partial charge is 0.357 e. The molecule has 2 aromatic rings. The quantitative estimate of drug-likeness (QED) is 0.752. The van der Waals surface area contributed by atoms with Crippen LogP contribution in [0.5, 0.6) is 0 Å². The van der Waals surface area contributed by atoms with Gasteiger partial charge in [0.2, 0.25) is 5.91 Å². The number of aromatic amines is 1. The fourth-order valence-electron chi connectivity index (χ4n) is 2.31. The molecular weight excluding hydrogens is 273 g/mol. The van der Waals surface area contributed by atoms with Gasteiger partial charge in [-0.2, -0.15) is 0 Å². The van der Waals surface area contributed by atoms with Crippen LogP contribution in [0, 0.1) is 11.7 Å². The Morgan fingerprint density at radius 3 is 2.57 bits per heavy atom. The number of hydrazine groups is 1. The Morgan fingerprint density at radius 2 is 1.90 bits per heavy atom. The molecular formula is C15H14FN3O2. The zero-order chi connectivity index (χ0) is 14.8. The second-order valence-electron chi connectivity index (χ2n) is 5.03. The number of nitrogens with one attached hydrogen (secondary N) is 3. The number of carbonyl (C=O) groups is 2. The highest BCUT2D eigenvalue weighted by molar-refractivity contribution is 5.94. The number of hydrogen-bond acceptors (Lipinski definition) is 2. The lowest BCUT2D eigenvalue weighted by atomic mass is 10.1. The molecule has 3 rings (SSSR count). The maximum atomic E-state index is 12.8. The van der Waals surface area contributed by atoms with Crippen LogP contribution in [0.3, 0.4) is 0 Å². The second-order valence-corrected chi connectivity index (χ2v) is 5.03. The molecule has 6 heteroatoms. The van der Waals surface area contributed by atoms with Gasteiger partial charge < -0.3 is 4.98 Å². The van der Waals surface area contributed by atoms with Crippen molar-refractivity contribution in [3.63, 3.8) is 0 Å². The van der Waals surface area contributed by atoms with Crippen LogP contribution in [0.4, 0.5) is 4.39 Å². The number of carbonyl (C=O) groups excluding carboxylic acids is 2. The summed E-state index contributed by atoms with van der Waals surface area (Å²) in [5, 5.41) is 0. The molecule has 1 heterocycles. The van der Waals surface area contributed by atoms with Crippen molar-refractivity contribution in [1.29, 1.82) is 0 Å². The van der Waals surface area contributed by atoms with Gasteiger partial charge in [-0.25, -0.2) is 4.39 Å². The van der Waals surface area contributed by atoms with Crippen molar-refractivity contribution >= 4 is 11.8 Å². The number of hydrogen-bond donors (Lipinski definition) is 3. The molecule has 0 aliphatic heterocycles. The van der Waals surface area contributed by atoms with Crippen LogP contribution in [0.1, 0.15) is 28.4 Å². The standard InChI is InChI=1S/C15H14FN3O2/c16-10-5-3-9(4-6-10)11-8-12(11)14(20)18-19-15(21)13-2-1-7-17-13/h1-7,11-12,17H,8H2,(H,18,20)(H,19,21). The number of rotatable bonds is 3. The van der Waals surface area contributed by atoms with E-state index >= 15 is 0 Å². The van der Waals surface area contributed by atoms with Gasteiger partial charge in [-0.15, -0.1) is 0 Å². The minimum Gasteiger partial charge on any atom is -0.357 e. The van der Waals surface area contributed by atoms with E-state index < -0.39 is 5.91 Å². The first-order chi connectivity index (χ1) is 10.1. The molecule has 2 atom stereocenters. The van der Waals surface area contributed by atoms with E-state index in [-0.39, 0.29) is 23.6 Å². The van der Waals surface area contributed by atoms with Crippen molar-refractivity contribution in [2.24, 2.45) is 5.92 Å². The molecule has 1 aromatic heterocycles. The summed E-state index contributed by atoms with van der Waals surface area (Å²) in [4.78, 5) is 26.3. The zero-order valence-electron chi connectivity index (χ0n) is 11.1. The van der Waals surface area contributed by atoms with Crippen LogP contribution in [0.15, 0.2) is 42.6 Å². The van der Waals surface area contributed by atoms with Gasteiger partial charge in [0.15, 0.2) is 0 Å². The highest BCUT2D eigenvalue weighted by Crippen LogP contribution is 2.47. The smallest absolute Gasteiger partial charge is 0.286 e. The van der Waals surface area contributed by atoms with Gasteiger partial charge in [-0.1, -0.05) is 12.1 Å². The van der Waals surface area contributed by atoms with Crippen LogP contribution < -0.4 is 10.9 Å². The molecule has 3 N–H and O–H groups in total. The Kier molecular flexibility index (Phi) is 3.43. The normalized spacial score (nSPS) is 19.9. The average molecular weight is 287 g/mol. The van der Waals surface area contributed by atoms with E-state index in [1.807, 2.05) is 0 Å². The molecule has 108 valence electrons. The third-order valence-corrected chi connectivity index (χ3v) is 3.57. The fourth-order valence-corrected chi connectivity index (χ4v) is 2.31. The minimum absolute atomic E-state index is 0.0907. The first kappa shape index (κ1) is 13.4. The lowest BCUT2D eigenvalue weighted by molar-refractivity contribution is -0.123. The molecule has 0 bridgehead atoms. The summed E-state index contributed by atoms with van der Waals surface area (Å²) in [7, 11) is 0. The van der Waals surface area contributed by atoms with Gasteiger partial charge >= 0.3 is 0 Å². The monoisotopic (exact) mass is 287 g/mol. The van der Waals surface area contributed by atoms with Gasteiger partial charge in [0.1, 0.15) is 11.5 Å².